The van der Waals surface area contributed by atoms with Crippen LogP contribution >= 0.6 is 15.9 Å². The zero-order chi connectivity index (χ0) is 32.8. The Balaban J connectivity index is 1.54. The minimum atomic E-state index is -0.833. The molecule has 5 rings (SSSR count). The van der Waals surface area contributed by atoms with Gasteiger partial charge in [-0.1, -0.05) is 40.2 Å². The number of anilines is 1. The molecular weight excluding hydrogens is 658 g/mol. The molecule has 0 aliphatic heterocycles. The standard InChI is InChI=1S/C36H33BrF2N2O5/c1-4-40(27-15-25(38)14-26(39)16-27)36(43)33-22-41(28-17-30(44-2)19-31(18-28)45-3)34-20-29(11-12-32(34)35(33)42)46-13-5-6-23-7-9-24(21-37)10-8-23/h7-12,14-20,22H,4-6,13,21H2,1-3H3. The van der Waals surface area contributed by atoms with Crippen LogP contribution in [0, 0.1) is 11.6 Å². The van der Waals surface area contributed by atoms with Crippen LogP contribution in [0.5, 0.6) is 17.2 Å². The summed E-state index contributed by atoms with van der Waals surface area (Å²) < 4.78 is 46.9. The first-order valence-electron chi connectivity index (χ1n) is 14.7. The van der Waals surface area contributed by atoms with E-state index in [1.165, 1.54) is 31.5 Å². The van der Waals surface area contributed by atoms with Gasteiger partial charge in [-0.05, 0) is 55.2 Å². The number of aryl methyl sites for hydroxylation is 1. The van der Waals surface area contributed by atoms with Crippen molar-refractivity contribution in [2.75, 3.05) is 32.3 Å². The Morgan fingerprint density at radius 2 is 1.50 bits per heavy atom. The molecule has 1 aromatic heterocycles. The van der Waals surface area contributed by atoms with Crippen LogP contribution in [0.15, 0.2) is 89.9 Å². The van der Waals surface area contributed by atoms with Crippen LogP contribution in [-0.4, -0.2) is 37.8 Å². The molecule has 0 atom stereocenters. The molecule has 4 aromatic carbocycles. The molecule has 0 aliphatic rings. The number of carbonyl (C=O) groups excluding carboxylic acids is 1. The number of hydrogen-bond donors (Lipinski definition) is 0. The third-order valence-electron chi connectivity index (χ3n) is 7.60. The number of hydrogen-bond acceptors (Lipinski definition) is 5. The van der Waals surface area contributed by atoms with Gasteiger partial charge in [0.25, 0.3) is 5.91 Å². The molecule has 46 heavy (non-hydrogen) atoms. The molecule has 0 fully saturated rings. The van der Waals surface area contributed by atoms with Crippen LogP contribution in [0.3, 0.4) is 0 Å². The minimum Gasteiger partial charge on any atom is -0.497 e. The maximum absolute atomic E-state index is 14.1. The Morgan fingerprint density at radius 3 is 2.11 bits per heavy atom. The largest absolute Gasteiger partial charge is 0.497 e. The van der Waals surface area contributed by atoms with Gasteiger partial charge in [0.2, 0.25) is 5.43 Å². The summed E-state index contributed by atoms with van der Waals surface area (Å²) in [6.07, 6.45) is 3.06. The molecule has 1 amide bonds. The SMILES string of the molecule is CCN(C(=O)c1cn(-c2cc(OC)cc(OC)c2)c2cc(OCCCc3ccc(CBr)cc3)ccc2c1=O)c1cc(F)cc(F)c1. The van der Waals surface area contributed by atoms with Crippen molar-refractivity contribution in [2.24, 2.45) is 0 Å². The van der Waals surface area contributed by atoms with E-state index in [-0.39, 0.29) is 23.2 Å². The number of rotatable bonds is 12. The molecule has 0 radical (unpaired) electrons. The number of nitrogens with zero attached hydrogens (tertiary/aromatic N) is 2. The quantitative estimate of drug-likeness (QED) is 0.0985. The van der Waals surface area contributed by atoms with Gasteiger partial charge in [-0.2, -0.15) is 0 Å². The van der Waals surface area contributed by atoms with Gasteiger partial charge in [0.05, 0.1) is 32.0 Å². The lowest BCUT2D eigenvalue weighted by atomic mass is 10.1. The van der Waals surface area contributed by atoms with Gasteiger partial charge in [-0.25, -0.2) is 8.78 Å². The maximum Gasteiger partial charge on any atom is 0.263 e. The summed E-state index contributed by atoms with van der Waals surface area (Å²) in [6, 6.07) is 21.5. The van der Waals surface area contributed by atoms with Crippen molar-refractivity contribution in [2.45, 2.75) is 25.1 Å². The first-order chi connectivity index (χ1) is 22.2. The third-order valence-corrected chi connectivity index (χ3v) is 8.24. The number of halogens is 3. The molecule has 0 saturated heterocycles. The molecule has 1 heterocycles. The number of alkyl halides is 1. The zero-order valence-corrected chi connectivity index (χ0v) is 27.3. The molecule has 0 unspecified atom stereocenters. The molecule has 10 heteroatoms. The summed E-state index contributed by atoms with van der Waals surface area (Å²) in [5.74, 6) is -0.823. The van der Waals surface area contributed by atoms with E-state index in [9.17, 15) is 18.4 Å². The van der Waals surface area contributed by atoms with Gasteiger partial charge < -0.3 is 23.7 Å². The molecule has 7 nitrogen and oxygen atoms in total. The Morgan fingerprint density at radius 1 is 0.848 bits per heavy atom. The second kappa shape index (κ2) is 14.6. The number of fused-ring (bicyclic) bond motifs is 1. The van der Waals surface area contributed by atoms with E-state index >= 15 is 0 Å². The van der Waals surface area contributed by atoms with Crippen molar-refractivity contribution < 1.29 is 27.8 Å². The van der Waals surface area contributed by atoms with E-state index in [2.05, 4.69) is 40.2 Å². The second-order valence-electron chi connectivity index (χ2n) is 10.6. The number of benzene rings is 4. The highest BCUT2D eigenvalue weighted by molar-refractivity contribution is 9.08. The summed E-state index contributed by atoms with van der Waals surface area (Å²) in [7, 11) is 3.05. The predicted octanol–water partition coefficient (Wildman–Crippen LogP) is 7.86. The van der Waals surface area contributed by atoms with E-state index in [4.69, 9.17) is 14.2 Å². The van der Waals surface area contributed by atoms with Gasteiger partial charge in [0.1, 0.15) is 34.4 Å². The number of ether oxygens (including phenoxy) is 3. The molecular formula is C36H33BrF2N2O5. The Kier molecular flexibility index (Phi) is 10.4. The topological polar surface area (TPSA) is 70.0 Å². The molecule has 0 N–H and O–H groups in total. The minimum absolute atomic E-state index is 0.00177. The third kappa shape index (κ3) is 7.23. The van der Waals surface area contributed by atoms with Gasteiger partial charge in [0.15, 0.2) is 0 Å². The molecule has 0 aliphatic carbocycles. The summed E-state index contributed by atoms with van der Waals surface area (Å²) in [5, 5.41) is 1.07. The van der Waals surface area contributed by atoms with Crippen LogP contribution in [0.25, 0.3) is 16.6 Å². The lowest BCUT2D eigenvalue weighted by Crippen LogP contribution is -2.35. The highest BCUT2D eigenvalue weighted by atomic mass is 79.9. The number of pyridine rings is 1. The van der Waals surface area contributed by atoms with Crippen molar-refractivity contribution in [3.8, 4) is 22.9 Å². The highest BCUT2D eigenvalue weighted by Crippen LogP contribution is 2.30. The van der Waals surface area contributed by atoms with Crippen LogP contribution < -0.4 is 24.5 Å². The fraction of sp³-hybridized carbons (Fsp3) is 0.222. The predicted molar refractivity (Wildman–Crippen MR) is 179 cm³/mol. The highest BCUT2D eigenvalue weighted by Gasteiger charge is 2.24. The van der Waals surface area contributed by atoms with Gasteiger partial charge in [-0.3, -0.25) is 9.59 Å². The van der Waals surface area contributed by atoms with Gasteiger partial charge in [-0.15, -0.1) is 0 Å². The van der Waals surface area contributed by atoms with Crippen molar-refractivity contribution in [1.82, 2.24) is 4.57 Å². The average Bonchev–Trinajstić information content (AvgIpc) is 3.06. The van der Waals surface area contributed by atoms with Crippen LogP contribution in [0.4, 0.5) is 14.5 Å². The van der Waals surface area contributed by atoms with Gasteiger partial charge in [0, 0.05) is 59.5 Å². The van der Waals surface area contributed by atoms with E-state index in [0.29, 0.717) is 35.1 Å². The molecule has 0 saturated carbocycles. The maximum atomic E-state index is 14.1. The van der Waals surface area contributed by atoms with Crippen molar-refractivity contribution >= 4 is 38.4 Å². The smallest absolute Gasteiger partial charge is 0.263 e. The lowest BCUT2D eigenvalue weighted by molar-refractivity contribution is 0.0987. The normalized spacial score (nSPS) is 11.0. The van der Waals surface area contributed by atoms with E-state index in [1.54, 1.807) is 47.9 Å². The fourth-order valence-corrected chi connectivity index (χ4v) is 5.61. The number of methoxy groups -OCH3 is 2. The Labute approximate surface area is 274 Å². The summed E-state index contributed by atoms with van der Waals surface area (Å²) >= 11 is 3.46. The average molecular weight is 692 g/mol. The van der Waals surface area contributed by atoms with Crippen LogP contribution in [-0.2, 0) is 11.8 Å². The zero-order valence-electron chi connectivity index (χ0n) is 25.7. The van der Waals surface area contributed by atoms with Crippen LogP contribution in [0.1, 0.15) is 34.8 Å². The second-order valence-corrected chi connectivity index (χ2v) is 11.1. The number of aromatic nitrogens is 1. The Hall–Kier alpha value is -4.70. The van der Waals surface area contributed by atoms with E-state index < -0.39 is 23.0 Å². The molecule has 238 valence electrons. The van der Waals surface area contributed by atoms with E-state index in [1.807, 2.05) is 0 Å². The number of carbonyl (C=O) groups is 1. The van der Waals surface area contributed by atoms with Gasteiger partial charge >= 0.3 is 0 Å². The molecule has 5 aromatic rings. The summed E-state index contributed by atoms with van der Waals surface area (Å²) in [5.41, 5.74) is 2.76. The lowest BCUT2D eigenvalue weighted by Gasteiger charge is -2.22. The molecule has 0 bridgehead atoms. The fourth-order valence-electron chi connectivity index (χ4n) is 5.24. The Bertz CT molecular complexity index is 1890. The number of amides is 1. The first-order valence-corrected chi connectivity index (χ1v) is 15.8. The van der Waals surface area contributed by atoms with Crippen molar-refractivity contribution in [3.63, 3.8) is 0 Å². The summed E-state index contributed by atoms with van der Waals surface area (Å²) in [6.45, 7) is 2.18. The monoisotopic (exact) mass is 690 g/mol. The van der Waals surface area contributed by atoms with E-state index in [0.717, 1.165) is 41.3 Å². The van der Waals surface area contributed by atoms with Crippen molar-refractivity contribution in [3.05, 3.63) is 124 Å². The molecule has 0 spiro atoms. The first kappa shape index (κ1) is 32.7. The summed E-state index contributed by atoms with van der Waals surface area (Å²) in [4.78, 5) is 28.9. The van der Waals surface area contributed by atoms with Crippen LogP contribution in [0.2, 0.25) is 0 Å². The van der Waals surface area contributed by atoms with Crippen molar-refractivity contribution in [1.29, 1.82) is 0 Å².